The summed E-state index contributed by atoms with van der Waals surface area (Å²) in [5.74, 6) is 0.690. The topological polar surface area (TPSA) is 18.5 Å². The monoisotopic (exact) mass is 394 g/mol. The Kier molecular flexibility index (Phi) is 8.08. The molecule has 0 saturated heterocycles. The molecule has 0 saturated carbocycles. The van der Waals surface area contributed by atoms with Crippen molar-refractivity contribution in [2.45, 2.75) is 71.5 Å². The molecular formula is C20H38O2Si3. The van der Waals surface area contributed by atoms with Gasteiger partial charge in [0.1, 0.15) is 0 Å². The minimum absolute atomic E-state index is 0.473. The van der Waals surface area contributed by atoms with Crippen LogP contribution in [0.4, 0.5) is 0 Å². The highest BCUT2D eigenvalue weighted by Crippen LogP contribution is 2.37. The molecule has 1 aromatic carbocycles. The summed E-state index contributed by atoms with van der Waals surface area (Å²) in [7, 11) is -6.06. The predicted molar refractivity (Wildman–Crippen MR) is 118 cm³/mol. The molecule has 0 radical (unpaired) electrons. The third kappa shape index (κ3) is 7.35. The molecule has 0 amide bonds. The average molecular weight is 395 g/mol. The van der Waals surface area contributed by atoms with E-state index >= 15 is 0 Å². The van der Waals surface area contributed by atoms with Gasteiger partial charge in [-0.1, -0.05) is 56.3 Å². The van der Waals surface area contributed by atoms with Crippen LogP contribution < -0.4 is 0 Å². The number of hydrogen-bond donors (Lipinski definition) is 0. The molecule has 0 N–H and O–H groups in total. The van der Waals surface area contributed by atoms with Crippen molar-refractivity contribution in [3.05, 3.63) is 48.2 Å². The summed E-state index contributed by atoms with van der Waals surface area (Å²) in [6.45, 7) is 22.3. The van der Waals surface area contributed by atoms with Crippen molar-refractivity contribution in [1.82, 2.24) is 0 Å². The Morgan fingerprint density at radius 3 is 2.00 bits per heavy atom. The maximum atomic E-state index is 6.88. The second kappa shape index (κ2) is 8.95. The van der Waals surface area contributed by atoms with Crippen molar-refractivity contribution in [2.75, 3.05) is 0 Å². The molecule has 3 atom stereocenters. The molecule has 0 heterocycles. The average Bonchev–Trinajstić information content (AvgIpc) is 2.50. The first kappa shape index (κ1) is 22.6. The van der Waals surface area contributed by atoms with Crippen LogP contribution in [-0.2, 0) is 8.23 Å². The van der Waals surface area contributed by atoms with E-state index in [1.165, 1.54) is 18.4 Å². The standard InChI is InChI=1S/C20H38O2Si3/c1-10-18(3)17-20(19-15-13-12-14-16-19)24(7,8)22-25(9,11-2)21-23(4,5)6/h11-16,18,20H,2,10,17H2,1,3-9H3. The van der Waals surface area contributed by atoms with Crippen LogP contribution in [0.3, 0.4) is 0 Å². The van der Waals surface area contributed by atoms with E-state index in [1.807, 2.05) is 5.70 Å². The first-order valence-electron chi connectivity index (χ1n) is 9.51. The van der Waals surface area contributed by atoms with Crippen LogP contribution in [0.1, 0.15) is 37.8 Å². The van der Waals surface area contributed by atoms with Crippen molar-refractivity contribution < 1.29 is 8.23 Å². The van der Waals surface area contributed by atoms with E-state index in [0.29, 0.717) is 11.5 Å². The van der Waals surface area contributed by atoms with Gasteiger partial charge in [-0.25, -0.2) is 0 Å². The van der Waals surface area contributed by atoms with E-state index in [1.54, 1.807) is 0 Å². The third-order valence-electron chi connectivity index (χ3n) is 4.72. The van der Waals surface area contributed by atoms with Crippen molar-refractivity contribution in [1.29, 1.82) is 0 Å². The lowest BCUT2D eigenvalue weighted by atomic mass is 9.98. The Labute approximate surface area is 159 Å². The molecule has 0 aromatic heterocycles. The molecule has 0 spiro atoms. The molecule has 3 unspecified atom stereocenters. The van der Waals surface area contributed by atoms with Gasteiger partial charge in [0.25, 0.3) is 0 Å². The minimum atomic E-state index is -2.36. The normalized spacial score (nSPS) is 17.6. The van der Waals surface area contributed by atoms with E-state index in [4.69, 9.17) is 8.23 Å². The Balaban J connectivity index is 3.15. The van der Waals surface area contributed by atoms with Gasteiger partial charge < -0.3 is 8.23 Å². The summed E-state index contributed by atoms with van der Waals surface area (Å²) in [6.07, 6.45) is 2.38. The summed E-state index contributed by atoms with van der Waals surface area (Å²) in [5.41, 5.74) is 3.86. The van der Waals surface area contributed by atoms with Gasteiger partial charge in [-0.05, 0) is 57.2 Å². The second-order valence-corrected chi connectivity index (χ2v) is 21.1. The van der Waals surface area contributed by atoms with Gasteiger partial charge in [0.2, 0.25) is 0 Å². The van der Waals surface area contributed by atoms with Crippen LogP contribution in [0.5, 0.6) is 0 Å². The zero-order valence-corrected chi connectivity index (χ0v) is 20.6. The van der Waals surface area contributed by atoms with Crippen LogP contribution >= 0.6 is 0 Å². The molecule has 0 aliphatic rings. The third-order valence-corrected chi connectivity index (χ3v) is 15.5. The zero-order valence-electron chi connectivity index (χ0n) is 17.6. The second-order valence-electron chi connectivity index (χ2n) is 8.85. The fourth-order valence-corrected chi connectivity index (χ4v) is 16.2. The molecule has 2 nitrogen and oxygen atoms in total. The van der Waals surface area contributed by atoms with Crippen LogP contribution in [0.2, 0.25) is 39.3 Å². The van der Waals surface area contributed by atoms with Gasteiger partial charge in [0.05, 0.1) is 0 Å². The van der Waals surface area contributed by atoms with Crippen molar-refractivity contribution in [3.8, 4) is 0 Å². The predicted octanol–water partition coefficient (Wildman–Crippen LogP) is 6.62. The fraction of sp³-hybridized carbons (Fsp3) is 0.600. The quantitative estimate of drug-likeness (QED) is 0.415. The van der Waals surface area contributed by atoms with Gasteiger partial charge in [-0.3, -0.25) is 0 Å². The van der Waals surface area contributed by atoms with Crippen molar-refractivity contribution in [3.63, 3.8) is 0 Å². The Morgan fingerprint density at radius 2 is 1.56 bits per heavy atom. The largest absolute Gasteiger partial charge is 0.434 e. The summed E-state index contributed by atoms with van der Waals surface area (Å²) in [4.78, 5) is 0. The lowest BCUT2D eigenvalue weighted by Crippen LogP contribution is -2.54. The first-order valence-corrected chi connectivity index (χ1v) is 18.3. The first-order chi connectivity index (χ1) is 11.4. The summed E-state index contributed by atoms with van der Waals surface area (Å²) < 4.78 is 13.4. The van der Waals surface area contributed by atoms with Crippen molar-refractivity contribution in [2.24, 2.45) is 5.92 Å². The fourth-order valence-electron chi connectivity index (χ4n) is 3.38. The molecule has 0 fully saturated rings. The highest BCUT2D eigenvalue weighted by Gasteiger charge is 2.44. The molecule has 142 valence electrons. The van der Waals surface area contributed by atoms with Crippen LogP contribution in [-0.4, -0.2) is 25.2 Å². The highest BCUT2D eigenvalue weighted by atomic mass is 28.5. The summed E-state index contributed by atoms with van der Waals surface area (Å²) >= 11 is 0. The Bertz CT molecular complexity index is 540. The summed E-state index contributed by atoms with van der Waals surface area (Å²) in [6, 6.07) is 10.9. The van der Waals surface area contributed by atoms with E-state index in [-0.39, 0.29) is 0 Å². The Morgan fingerprint density at radius 1 is 1.00 bits per heavy atom. The molecule has 5 heteroatoms. The maximum absolute atomic E-state index is 6.88. The number of hydrogen-bond acceptors (Lipinski definition) is 2. The van der Waals surface area contributed by atoms with Gasteiger partial charge in [-0.2, -0.15) is 0 Å². The lowest BCUT2D eigenvalue weighted by Gasteiger charge is -2.42. The van der Waals surface area contributed by atoms with Crippen molar-refractivity contribution >= 4 is 25.2 Å². The van der Waals surface area contributed by atoms with E-state index in [0.717, 1.165) is 0 Å². The SMILES string of the molecule is C=C[Si](C)(O[Si](C)(C)C)O[Si](C)(C)C(CC(C)CC)c1ccccc1. The summed E-state index contributed by atoms with van der Waals surface area (Å²) in [5, 5.41) is 0. The van der Waals surface area contributed by atoms with E-state index in [2.05, 4.69) is 90.0 Å². The number of rotatable bonds is 10. The molecule has 25 heavy (non-hydrogen) atoms. The molecule has 0 aliphatic carbocycles. The van der Waals surface area contributed by atoms with Gasteiger partial charge >= 0.3 is 8.56 Å². The highest BCUT2D eigenvalue weighted by molar-refractivity contribution is 6.90. The molecule has 1 rings (SSSR count). The Hall–Kier alpha value is -0.469. The van der Waals surface area contributed by atoms with Crippen LogP contribution in [0, 0.1) is 5.92 Å². The molecule has 0 aliphatic heterocycles. The van der Waals surface area contributed by atoms with E-state index in [9.17, 15) is 0 Å². The molecule has 1 aromatic rings. The minimum Gasteiger partial charge on any atom is -0.434 e. The molecular weight excluding hydrogens is 356 g/mol. The molecule has 0 bridgehead atoms. The van der Waals surface area contributed by atoms with E-state index < -0.39 is 25.2 Å². The number of benzene rings is 1. The lowest BCUT2D eigenvalue weighted by molar-refractivity contribution is 0.382. The van der Waals surface area contributed by atoms with Gasteiger partial charge in [0, 0.05) is 5.54 Å². The van der Waals surface area contributed by atoms with Gasteiger partial charge in [0.15, 0.2) is 16.6 Å². The van der Waals surface area contributed by atoms with Crippen LogP contribution in [0.25, 0.3) is 0 Å². The zero-order chi connectivity index (χ0) is 19.3. The van der Waals surface area contributed by atoms with Gasteiger partial charge in [-0.15, -0.1) is 6.58 Å². The maximum Gasteiger partial charge on any atom is 0.340 e. The van der Waals surface area contributed by atoms with Crippen LogP contribution in [0.15, 0.2) is 42.6 Å². The smallest absolute Gasteiger partial charge is 0.340 e.